The number of nitrogens with zero attached hydrogens (tertiary/aromatic N) is 1. The van der Waals surface area contributed by atoms with Crippen molar-refractivity contribution in [3.63, 3.8) is 0 Å². The Morgan fingerprint density at radius 3 is 2.71 bits per heavy atom. The number of hydrogen-bond acceptors (Lipinski definition) is 4. The first-order valence-corrected chi connectivity index (χ1v) is 7.72. The molecule has 106 valence electrons. The highest BCUT2D eigenvalue weighted by Gasteiger charge is 2.24. The standard InChI is InChI=1S/C14H6Br2ClNO3/c15-10-5-9(20-12(10)16)6-11-14(19)21-13(18-11)7-2-1-3-8(17)4-7/h1-6H/b11-6+. The summed E-state index contributed by atoms with van der Waals surface area (Å²) in [6.45, 7) is 0. The number of esters is 1. The summed E-state index contributed by atoms with van der Waals surface area (Å²) in [5.74, 6) is 0.170. The third-order valence-electron chi connectivity index (χ3n) is 2.64. The van der Waals surface area contributed by atoms with Crippen LogP contribution in [0.2, 0.25) is 5.02 Å². The molecular formula is C14H6Br2ClNO3. The Morgan fingerprint density at radius 1 is 1.24 bits per heavy atom. The third kappa shape index (κ3) is 3.12. The van der Waals surface area contributed by atoms with Gasteiger partial charge in [0.05, 0.1) is 4.47 Å². The summed E-state index contributed by atoms with van der Waals surface area (Å²) in [5, 5.41) is 0.544. The average molecular weight is 431 g/mol. The second-order valence-corrected chi connectivity index (χ2v) is 6.13. The fraction of sp³-hybridized carbons (Fsp3) is 0. The molecule has 0 saturated heterocycles. The largest absolute Gasteiger partial charge is 0.449 e. The molecule has 0 radical (unpaired) electrons. The van der Waals surface area contributed by atoms with E-state index in [4.69, 9.17) is 20.8 Å². The van der Waals surface area contributed by atoms with E-state index >= 15 is 0 Å². The summed E-state index contributed by atoms with van der Waals surface area (Å²) >= 11 is 12.4. The number of carbonyl (C=O) groups excluding carboxylic acids is 1. The van der Waals surface area contributed by atoms with E-state index in [1.54, 1.807) is 30.3 Å². The SMILES string of the molecule is O=C1OC(c2cccc(Cl)c2)=N/C1=C/c1cc(Br)c(Br)o1. The van der Waals surface area contributed by atoms with Crippen LogP contribution in [0.3, 0.4) is 0 Å². The molecule has 0 bridgehead atoms. The molecule has 0 fully saturated rings. The Morgan fingerprint density at radius 2 is 2.05 bits per heavy atom. The molecular weight excluding hydrogens is 425 g/mol. The Bertz CT molecular complexity index is 776. The van der Waals surface area contributed by atoms with Crippen molar-refractivity contribution in [2.24, 2.45) is 4.99 Å². The van der Waals surface area contributed by atoms with E-state index in [0.29, 0.717) is 21.0 Å². The minimum Gasteiger partial charge on any atom is -0.449 e. The normalized spacial score (nSPS) is 16.2. The van der Waals surface area contributed by atoms with E-state index in [0.717, 1.165) is 4.47 Å². The topological polar surface area (TPSA) is 51.8 Å². The van der Waals surface area contributed by atoms with Crippen molar-refractivity contribution in [2.45, 2.75) is 0 Å². The molecule has 0 spiro atoms. The second kappa shape index (κ2) is 5.79. The van der Waals surface area contributed by atoms with Gasteiger partial charge in [0.25, 0.3) is 0 Å². The number of rotatable bonds is 2. The number of ether oxygens (including phenoxy) is 1. The lowest BCUT2D eigenvalue weighted by Crippen LogP contribution is -2.05. The first-order valence-electron chi connectivity index (χ1n) is 5.76. The number of halogens is 3. The van der Waals surface area contributed by atoms with Crippen molar-refractivity contribution >= 4 is 61.4 Å². The van der Waals surface area contributed by atoms with Gasteiger partial charge in [-0.15, -0.1) is 0 Å². The fourth-order valence-corrected chi connectivity index (χ4v) is 2.52. The number of benzene rings is 1. The fourth-order valence-electron chi connectivity index (χ4n) is 1.72. The van der Waals surface area contributed by atoms with Crippen LogP contribution >= 0.6 is 43.5 Å². The van der Waals surface area contributed by atoms with Gasteiger partial charge < -0.3 is 9.15 Å². The monoisotopic (exact) mass is 429 g/mol. The first-order chi connectivity index (χ1) is 10.0. The van der Waals surface area contributed by atoms with Crippen molar-refractivity contribution in [3.8, 4) is 0 Å². The zero-order valence-corrected chi connectivity index (χ0v) is 14.2. The molecule has 0 unspecified atom stereocenters. The lowest BCUT2D eigenvalue weighted by atomic mass is 10.2. The molecule has 1 aliphatic rings. The molecule has 1 aliphatic heterocycles. The van der Waals surface area contributed by atoms with Gasteiger partial charge in [-0.05, 0) is 56.1 Å². The van der Waals surface area contributed by atoms with Crippen LogP contribution in [0.25, 0.3) is 6.08 Å². The van der Waals surface area contributed by atoms with E-state index in [1.807, 2.05) is 0 Å². The molecule has 21 heavy (non-hydrogen) atoms. The van der Waals surface area contributed by atoms with Crippen molar-refractivity contribution in [1.29, 1.82) is 0 Å². The highest BCUT2D eigenvalue weighted by atomic mass is 79.9. The summed E-state index contributed by atoms with van der Waals surface area (Å²) in [6.07, 6.45) is 1.51. The molecule has 0 amide bonds. The van der Waals surface area contributed by atoms with Gasteiger partial charge in [-0.1, -0.05) is 17.7 Å². The van der Waals surface area contributed by atoms with Crippen LogP contribution in [0.15, 0.2) is 54.6 Å². The predicted molar refractivity (Wildman–Crippen MR) is 86.2 cm³/mol. The zero-order chi connectivity index (χ0) is 15.0. The van der Waals surface area contributed by atoms with E-state index in [2.05, 4.69) is 36.9 Å². The number of cyclic esters (lactones) is 1. The molecule has 0 atom stereocenters. The van der Waals surface area contributed by atoms with Crippen LogP contribution < -0.4 is 0 Å². The molecule has 0 aliphatic carbocycles. The molecule has 3 rings (SSSR count). The highest BCUT2D eigenvalue weighted by Crippen LogP contribution is 2.29. The van der Waals surface area contributed by atoms with Gasteiger partial charge in [-0.25, -0.2) is 9.79 Å². The van der Waals surface area contributed by atoms with Crippen LogP contribution in [0, 0.1) is 0 Å². The van der Waals surface area contributed by atoms with E-state index in [1.165, 1.54) is 6.08 Å². The van der Waals surface area contributed by atoms with E-state index < -0.39 is 5.97 Å². The van der Waals surface area contributed by atoms with Gasteiger partial charge >= 0.3 is 5.97 Å². The van der Waals surface area contributed by atoms with Gasteiger partial charge in [0, 0.05) is 16.7 Å². The number of carbonyl (C=O) groups is 1. The van der Waals surface area contributed by atoms with E-state index in [9.17, 15) is 4.79 Å². The van der Waals surface area contributed by atoms with Gasteiger partial charge in [-0.2, -0.15) is 0 Å². The molecule has 0 saturated carbocycles. The Labute approximate surface area is 141 Å². The smallest absolute Gasteiger partial charge is 0.363 e. The van der Waals surface area contributed by atoms with Crippen LogP contribution in [0.4, 0.5) is 0 Å². The molecule has 2 aromatic rings. The second-order valence-electron chi connectivity index (χ2n) is 4.12. The summed E-state index contributed by atoms with van der Waals surface area (Å²) < 4.78 is 11.8. The summed E-state index contributed by atoms with van der Waals surface area (Å²) in [4.78, 5) is 16.0. The number of furan rings is 1. The summed E-state index contributed by atoms with van der Waals surface area (Å²) in [7, 11) is 0. The van der Waals surface area contributed by atoms with Gasteiger partial charge in [0.1, 0.15) is 5.76 Å². The predicted octanol–water partition coefficient (Wildman–Crippen LogP) is 4.80. The maximum Gasteiger partial charge on any atom is 0.363 e. The highest BCUT2D eigenvalue weighted by molar-refractivity contribution is 9.13. The average Bonchev–Trinajstić information content (AvgIpc) is 2.94. The molecule has 4 nitrogen and oxygen atoms in total. The van der Waals surface area contributed by atoms with Crippen LogP contribution in [-0.2, 0) is 9.53 Å². The van der Waals surface area contributed by atoms with Crippen molar-refractivity contribution in [3.05, 3.63) is 61.5 Å². The van der Waals surface area contributed by atoms with Crippen LogP contribution in [0.5, 0.6) is 0 Å². The van der Waals surface area contributed by atoms with Crippen molar-refractivity contribution < 1.29 is 13.9 Å². The minimum atomic E-state index is -0.534. The molecule has 1 aromatic carbocycles. The Kier molecular flexibility index (Phi) is 4.01. The lowest BCUT2D eigenvalue weighted by Gasteiger charge is -1.98. The quantitative estimate of drug-likeness (QED) is 0.507. The van der Waals surface area contributed by atoms with Crippen LogP contribution in [-0.4, -0.2) is 11.9 Å². The van der Waals surface area contributed by atoms with Crippen LogP contribution in [0.1, 0.15) is 11.3 Å². The van der Waals surface area contributed by atoms with Gasteiger partial charge in [0.2, 0.25) is 5.90 Å². The lowest BCUT2D eigenvalue weighted by molar-refractivity contribution is -0.129. The molecule has 0 N–H and O–H groups in total. The first kappa shape index (κ1) is 14.6. The number of aliphatic imine (C=N–C) groups is 1. The zero-order valence-electron chi connectivity index (χ0n) is 10.3. The van der Waals surface area contributed by atoms with Crippen molar-refractivity contribution in [2.75, 3.05) is 0 Å². The van der Waals surface area contributed by atoms with Crippen molar-refractivity contribution in [1.82, 2.24) is 0 Å². The Balaban J connectivity index is 1.95. The van der Waals surface area contributed by atoms with Gasteiger partial charge in [-0.3, -0.25) is 0 Å². The summed E-state index contributed by atoms with van der Waals surface area (Å²) in [5.41, 5.74) is 0.805. The Hall–Kier alpha value is -1.37. The third-order valence-corrected chi connectivity index (χ3v) is 4.58. The van der Waals surface area contributed by atoms with E-state index in [-0.39, 0.29) is 11.6 Å². The number of hydrogen-bond donors (Lipinski definition) is 0. The maximum absolute atomic E-state index is 11.8. The molecule has 7 heteroatoms. The van der Waals surface area contributed by atoms with Gasteiger partial charge in [0.15, 0.2) is 10.4 Å². The molecule has 2 heterocycles. The summed E-state index contributed by atoms with van der Waals surface area (Å²) in [6, 6.07) is 8.66. The molecule has 1 aromatic heterocycles. The minimum absolute atomic E-state index is 0.165. The maximum atomic E-state index is 11.8.